The number of ether oxygens (including phenoxy) is 3. The van der Waals surface area contributed by atoms with Gasteiger partial charge in [-0.05, 0) is 41.8 Å². The number of alkyl halides is 3. The lowest BCUT2D eigenvalue weighted by atomic mass is 9.91. The van der Waals surface area contributed by atoms with Gasteiger partial charge in [0.2, 0.25) is 12.7 Å². The molecule has 0 spiro atoms. The first kappa shape index (κ1) is 26.5. The predicted octanol–water partition coefficient (Wildman–Crippen LogP) is 1.68. The van der Waals surface area contributed by atoms with Crippen LogP contribution in [0, 0.1) is 5.92 Å². The Morgan fingerprint density at radius 1 is 1.00 bits per heavy atom. The summed E-state index contributed by atoms with van der Waals surface area (Å²) in [5.74, 6) is -1.99. The van der Waals surface area contributed by atoms with Gasteiger partial charge in [-0.15, -0.1) is 13.2 Å². The molecule has 2 aliphatic rings. The fourth-order valence-electron chi connectivity index (χ4n) is 4.32. The van der Waals surface area contributed by atoms with E-state index in [2.05, 4.69) is 9.64 Å². The molecular weight excluding hydrogens is 499 g/mol. The molecule has 2 aromatic rings. The SMILES string of the molecule is O=C(NO)[C@@H](O)[C@@H](Cc1ccc(OC(F)(F)F)cc1)C(=O)N1CCN(Cc2ccc3c(c2)OCO3)CC1. The number of fused-ring (bicyclic) bond motifs is 1. The Hall–Kier alpha value is -3.55. The minimum Gasteiger partial charge on any atom is -0.454 e. The molecule has 2 heterocycles. The fraction of sp³-hybridized carbons (Fsp3) is 0.417. The summed E-state index contributed by atoms with van der Waals surface area (Å²) in [4.78, 5) is 28.9. The van der Waals surface area contributed by atoms with Crippen molar-refractivity contribution in [2.24, 2.45) is 5.92 Å². The first-order valence-electron chi connectivity index (χ1n) is 11.5. The van der Waals surface area contributed by atoms with E-state index in [-0.39, 0.29) is 13.2 Å². The largest absolute Gasteiger partial charge is 0.573 e. The lowest BCUT2D eigenvalue weighted by Crippen LogP contribution is -2.53. The topological polar surface area (TPSA) is 121 Å². The van der Waals surface area contributed by atoms with Crippen LogP contribution in [0.15, 0.2) is 42.5 Å². The van der Waals surface area contributed by atoms with E-state index in [1.165, 1.54) is 22.5 Å². The van der Waals surface area contributed by atoms with Crippen molar-refractivity contribution in [3.05, 3.63) is 53.6 Å². The van der Waals surface area contributed by atoms with E-state index in [0.29, 0.717) is 49.8 Å². The van der Waals surface area contributed by atoms with E-state index in [0.717, 1.165) is 17.7 Å². The molecule has 2 aromatic carbocycles. The van der Waals surface area contributed by atoms with Crippen LogP contribution >= 0.6 is 0 Å². The minimum atomic E-state index is -4.85. The quantitative estimate of drug-likeness (QED) is 0.352. The number of benzene rings is 2. The second-order valence-corrected chi connectivity index (χ2v) is 8.71. The van der Waals surface area contributed by atoms with Crippen LogP contribution in [0.2, 0.25) is 0 Å². The van der Waals surface area contributed by atoms with E-state index in [1.807, 2.05) is 18.2 Å². The lowest BCUT2D eigenvalue weighted by molar-refractivity contribution is -0.274. The molecule has 1 saturated heterocycles. The fourth-order valence-corrected chi connectivity index (χ4v) is 4.32. The molecule has 0 radical (unpaired) electrons. The summed E-state index contributed by atoms with van der Waals surface area (Å²) in [7, 11) is 0. The van der Waals surface area contributed by atoms with E-state index in [1.54, 1.807) is 0 Å². The van der Waals surface area contributed by atoms with Crippen LogP contribution in [0.1, 0.15) is 11.1 Å². The zero-order valence-corrected chi connectivity index (χ0v) is 19.6. The normalized spacial score (nSPS) is 17.3. The van der Waals surface area contributed by atoms with Gasteiger partial charge in [-0.3, -0.25) is 19.7 Å². The molecule has 2 amide bonds. The van der Waals surface area contributed by atoms with E-state index in [9.17, 15) is 27.9 Å². The number of hydrogen-bond donors (Lipinski definition) is 3. The van der Waals surface area contributed by atoms with Crippen molar-refractivity contribution < 1.29 is 47.3 Å². The zero-order valence-electron chi connectivity index (χ0n) is 19.6. The minimum absolute atomic E-state index is 0.142. The molecule has 0 aliphatic carbocycles. The van der Waals surface area contributed by atoms with Crippen LogP contribution in [0.25, 0.3) is 0 Å². The molecule has 4 rings (SSSR count). The summed E-state index contributed by atoms with van der Waals surface area (Å²) in [6, 6.07) is 10.5. The van der Waals surface area contributed by atoms with E-state index in [4.69, 9.17) is 14.7 Å². The summed E-state index contributed by atoms with van der Waals surface area (Å²) < 4.78 is 51.8. The number of aliphatic hydroxyl groups excluding tert-OH is 1. The molecule has 2 aliphatic heterocycles. The van der Waals surface area contributed by atoms with Crippen molar-refractivity contribution in [1.29, 1.82) is 0 Å². The standard InChI is InChI=1S/C24H26F3N3O7/c25-24(26,27)37-17-4-1-15(2-5-17)11-18(21(31)22(32)28-34)23(33)30-9-7-29(8-10-30)13-16-3-6-19-20(12-16)36-14-35-19/h1-6,12,18,21,31,34H,7-11,13-14H2,(H,28,32)/t18-,21+/m1/s1. The second-order valence-electron chi connectivity index (χ2n) is 8.71. The third kappa shape index (κ3) is 6.81. The number of halogens is 3. The number of hydroxylamine groups is 1. The van der Waals surface area contributed by atoms with E-state index < -0.39 is 35.9 Å². The third-order valence-corrected chi connectivity index (χ3v) is 6.22. The van der Waals surface area contributed by atoms with Gasteiger partial charge >= 0.3 is 6.36 Å². The molecule has 37 heavy (non-hydrogen) atoms. The maximum atomic E-state index is 13.3. The maximum absolute atomic E-state index is 13.3. The zero-order chi connectivity index (χ0) is 26.6. The average Bonchev–Trinajstić information content (AvgIpc) is 3.34. The average molecular weight is 525 g/mol. The van der Waals surface area contributed by atoms with Crippen molar-refractivity contribution in [3.63, 3.8) is 0 Å². The highest BCUT2D eigenvalue weighted by molar-refractivity contribution is 5.89. The molecule has 200 valence electrons. The first-order chi connectivity index (χ1) is 17.6. The van der Waals surface area contributed by atoms with Gasteiger partial charge in [0.15, 0.2) is 11.5 Å². The molecule has 1 fully saturated rings. The molecule has 0 bridgehead atoms. The van der Waals surface area contributed by atoms with E-state index >= 15 is 0 Å². The molecular formula is C24H26F3N3O7. The molecule has 13 heteroatoms. The van der Waals surface area contributed by atoms with Gasteiger partial charge in [0.05, 0.1) is 5.92 Å². The van der Waals surface area contributed by atoms with Crippen molar-refractivity contribution in [1.82, 2.24) is 15.3 Å². The number of piperazine rings is 1. The van der Waals surface area contributed by atoms with Gasteiger partial charge in [-0.2, -0.15) is 0 Å². The van der Waals surface area contributed by atoms with Gasteiger partial charge in [0.25, 0.3) is 5.91 Å². The van der Waals surface area contributed by atoms with Crippen LogP contribution in [0.4, 0.5) is 13.2 Å². The van der Waals surface area contributed by atoms with Crippen molar-refractivity contribution in [3.8, 4) is 17.2 Å². The Balaban J connectivity index is 1.38. The summed E-state index contributed by atoms with van der Waals surface area (Å²) in [6.45, 7) is 2.57. The van der Waals surface area contributed by atoms with Gasteiger partial charge in [-0.1, -0.05) is 18.2 Å². The van der Waals surface area contributed by atoms with Crippen molar-refractivity contribution in [2.45, 2.75) is 25.4 Å². The third-order valence-electron chi connectivity index (χ3n) is 6.22. The Labute approximate surface area is 210 Å². The summed E-state index contributed by atoms with van der Waals surface area (Å²) in [6.07, 6.45) is -6.85. The van der Waals surface area contributed by atoms with Crippen molar-refractivity contribution in [2.75, 3.05) is 33.0 Å². The molecule has 0 saturated carbocycles. The van der Waals surface area contributed by atoms with Crippen LogP contribution < -0.4 is 19.7 Å². The number of amides is 2. The summed E-state index contributed by atoms with van der Waals surface area (Å²) in [5.41, 5.74) is 2.77. The number of nitrogens with one attached hydrogen (secondary N) is 1. The van der Waals surface area contributed by atoms with Crippen LogP contribution in [0.5, 0.6) is 17.2 Å². The van der Waals surface area contributed by atoms with Crippen molar-refractivity contribution >= 4 is 11.8 Å². The lowest BCUT2D eigenvalue weighted by Gasteiger charge is -2.37. The monoisotopic (exact) mass is 525 g/mol. The molecule has 3 N–H and O–H groups in total. The summed E-state index contributed by atoms with van der Waals surface area (Å²) in [5, 5.41) is 19.4. The first-order valence-corrected chi connectivity index (χ1v) is 11.5. The highest BCUT2D eigenvalue weighted by atomic mass is 19.4. The smallest absolute Gasteiger partial charge is 0.454 e. The molecule has 0 unspecified atom stereocenters. The number of carbonyl (C=O) groups is 2. The number of hydrogen-bond acceptors (Lipinski definition) is 8. The molecule has 0 aromatic heterocycles. The Morgan fingerprint density at radius 2 is 1.65 bits per heavy atom. The Morgan fingerprint density at radius 3 is 2.30 bits per heavy atom. The van der Waals surface area contributed by atoms with Crippen LogP contribution in [-0.4, -0.2) is 77.4 Å². The number of nitrogens with zero attached hydrogens (tertiary/aromatic N) is 2. The molecule has 2 atom stereocenters. The van der Waals surface area contributed by atoms with Crippen LogP contribution in [0.3, 0.4) is 0 Å². The highest BCUT2D eigenvalue weighted by Gasteiger charge is 2.36. The van der Waals surface area contributed by atoms with Gasteiger partial charge in [0.1, 0.15) is 11.9 Å². The maximum Gasteiger partial charge on any atom is 0.573 e. The number of carbonyl (C=O) groups excluding carboxylic acids is 2. The second kappa shape index (κ2) is 11.2. The predicted molar refractivity (Wildman–Crippen MR) is 121 cm³/mol. The van der Waals surface area contributed by atoms with Gasteiger partial charge in [-0.25, -0.2) is 5.48 Å². The van der Waals surface area contributed by atoms with Gasteiger partial charge in [0, 0.05) is 32.7 Å². The number of rotatable bonds is 8. The number of aliphatic hydroxyl groups is 1. The highest BCUT2D eigenvalue weighted by Crippen LogP contribution is 2.33. The Bertz CT molecular complexity index is 1110. The van der Waals surface area contributed by atoms with Crippen LogP contribution in [-0.2, 0) is 22.6 Å². The Kier molecular flexibility index (Phi) is 8.05. The summed E-state index contributed by atoms with van der Waals surface area (Å²) >= 11 is 0. The van der Waals surface area contributed by atoms with Gasteiger partial charge < -0.3 is 24.2 Å². The molecule has 10 nitrogen and oxygen atoms in total.